The summed E-state index contributed by atoms with van der Waals surface area (Å²) in [4.78, 5) is 3.47. The summed E-state index contributed by atoms with van der Waals surface area (Å²) < 4.78 is 49.3. The van der Waals surface area contributed by atoms with Crippen LogP contribution in [0.5, 0.6) is 0 Å². The molecule has 2 heterocycles. The summed E-state index contributed by atoms with van der Waals surface area (Å²) in [5.41, 5.74) is -0.165. The Bertz CT molecular complexity index is 910. The lowest BCUT2D eigenvalue weighted by Crippen LogP contribution is -2.05. The quantitative estimate of drug-likeness (QED) is 0.720. The Hall–Kier alpha value is -1.71. The van der Waals surface area contributed by atoms with Gasteiger partial charge in [-0.25, -0.2) is 17.2 Å². The van der Waals surface area contributed by atoms with Crippen LogP contribution in [0.25, 0.3) is 16.6 Å². The summed E-state index contributed by atoms with van der Waals surface area (Å²) in [5, 5.41) is 7.84. The van der Waals surface area contributed by atoms with E-state index in [0.717, 1.165) is 17.1 Å². The lowest BCUT2D eigenvalue weighted by Gasteiger charge is -2.09. The number of benzene rings is 1. The highest BCUT2D eigenvalue weighted by Gasteiger charge is 2.23. The SMILES string of the molecule is Cl.O=S(=O)(Cl)c1c[nH]c2c(-n3nccn3)c(C(F)F)ccc12. The normalized spacial score (nSPS) is 11.8. The first kappa shape index (κ1) is 16.7. The number of aromatic amines is 1. The van der Waals surface area contributed by atoms with Crippen LogP contribution < -0.4 is 0 Å². The van der Waals surface area contributed by atoms with Gasteiger partial charge in [0.15, 0.2) is 0 Å². The number of fused-ring (bicyclic) bond motifs is 1. The predicted octanol–water partition coefficient (Wildman–Crippen LogP) is 3.04. The second-order valence-corrected chi connectivity index (χ2v) is 6.67. The van der Waals surface area contributed by atoms with E-state index in [1.165, 1.54) is 18.5 Å². The fraction of sp³-hybridized carbons (Fsp3) is 0.0909. The van der Waals surface area contributed by atoms with Gasteiger partial charge in [0.05, 0.1) is 17.9 Å². The van der Waals surface area contributed by atoms with Crippen LogP contribution in [0.3, 0.4) is 0 Å². The molecule has 0 saturated carbocycles. The molecule has 0 amide bonds. The van der Waals surface area contributed by atoms with Crippen LogP contribution in [-0.2, 0) is 9.05 Å². The van der Waals surface area contributed by atoms with Gasteiger partial charge in [-0.05, 0) is 0 Å². The monoisotopic (exact) mass is 368 g/mol. The molecule has 0 fully saturated rings. The summed E-state index contributed by atoms with van der Waals surface area (Å²) in [6.07, 6.45) is 1.04. The molecule has 11 heteroatoms. The lowest BCUT2D eigenvalue weighted by atomic mass is 10.1. The van der Waals surface area contributed by atoms with Crippen molar-refractivity contribution in [1.29, 1.82) is 0 Å². The Morgan fingerprint density at radius 2 is 1.86 bits per heavy atom. The molecular formula is C11H8Cl2F2N4O2S. The number of alkyl halides is 2. The maximum absolute atomic E-state index is 13.2. The Morgan fingerprint density at radius 1 is 1.23 bits per heavy atom. The van der Waals surface area contributed by atoms with Crippen LogP contribution in [0.15, 0.2) is 35.6 Å². The summed E-state index contributed by atoms with van der Waals surface area (Å²) in [5.74, 6) is 0. The Morgan fingerprint density at radius 3 is 2.41 bits per heavy atom. The molecule has 0 atom stereocenters. The number of halogens is 4. The molecule has 0 spiro atoms. The fourth-order valence-electron chi connectivity index (χ4n) is 2.10. The summed E-state index contributed by atoms with van der Waals surface area (Å²) in [6, 6.07) is 2.40. The van der Waals surface area contributed by atoms with Gasteiger partial charge in [-0.15, -0.1) is 17.2 Å². The molecule has 1 N–H and O–H groups in total. The van der Waals surface area contributed by atoms with Crippen molar-refractivity contribution in [2.75, 3.05) is 0 Å². The van der Waals surface area contributed by atoms with Gasteiger partial charge in [-0.3, -0.25) is 0 Å². The molecule has 0 saturated heterocycles. The molecule has 0 aliphatic heterocycles. The molecule has 3 aromatic rings. The minimum Gasteiger partial charge on any atom is -0.358 e. The van der Waals surface area contributed by atoms with Gasteiger partial charge >= 0.3 is 0 Å². The number of hydrogen-bond donors (Lipinski definition) is 1. The molecular weight excluding hydrogens is 361 g/mol. The van der Waals surface area contributed by atoms with Crippen LogP contribution in [0.1, 0.15) is 12.0 Å². The highest BCUT2D eigenvalue weighted by atomic mass is 35.7. The van der Waals surface area contributed by atoms with E-state index in [-0.39, 0.29) is 39.5 Å². The van der Waals surface area contributed by atoms with Gasteiger partial charge < -0.3 is 4.98 Å². The van der Waals surface area contributed by atoms with Crippen molar-refractivity contribution in [1.82, 2.24) is 20.0 Å². The van der Waals surface area contributed by atoms with Crippen molar-refractivity contribution < 1.29 is 17.2 Å². The first-order valence-corrected chi connectivity index (χ1v) is 7.94. The van der Waals surface area contributed by atoms with E-state index >= 15 is 0 Å². The molecule has 0 bridgehead atoms. The summed E-state index contributed by atoms with van der Waals surface area (Å²) >= 11 is 0. The predicted molar refractivity (Wildman–Crippen MR) is 78.5 cm³/mol. The van der Waals surface area contributed by atoms with E-state index in [0.29, 0.717) is 0 Å². The van der Waals surface area contributed by atoms with E-state index in [2.05, 4.69) is 15.2 Å². The number of hydrogen-bond acceptors (Lipinski definition) is 4. The van der Waals surface area contributed by atoms with Gasteiger partial charge in [0.1, 0.15) is 10.6 Å². The molecule has 0 aliphatic rings. The van der Waals surface area contributed by atoms with Crippen molar-refractivity contribution in [3.8, 4) is 5.69 Å². The first-order chi connectivity index (χ1) is 9.89. The smallest absolute Gasteiger partial charge is 0.266 e. The molecule has 22 heavy (non-hydrogen) atoms. The first-order valence-electron chi connectivity index (χ1n) is 5.63. The van der Waals surface area contributed by atoms with Crippen molar-refractivity contribution in [2.24, 2.45) is 0 Å². The third-order valence-corrected chi connectivity index (χ3v) is 4.30. The maximum atomic E-state index is 13.2. The Kier molecular flexibility index (Phi) is 4.41. The topological polar surface area (TPSA) is 80.6 Å². The van der Waals surface area contributed by atoms with Crippen molar-refractivity contribution >= 4 is 43.0 Å². The molecule has 0 radical (unpaired) electrons. The van der Waals surface area contributed by atoms with E-state index in [1.54, 1.807) is 0 Å². The summed E-state index contributed by atoms with van der Waals surface area (Å²) in [6.45, 7) is 0. The highest BCUT2D eigenvalue weighted by molar-refractivity contribution is 8.14. The molecule has 0 aliphatic carbocycles. The summed E-state index contributed by atoms with van der Waals surface area (Å²) in [7, 11) is 1.32. The number of nitrogens with zero attached hydrogens (tertiary/aromatic N) is 3. The van der Waals surface area contributed by atoms with E-state index < -0.39 is 15.5 Å². The minimum atomic E-state index is -4.00. The van der Waals surface area contributed by atoms with Crippen LogP contribution in [-0.4, -0.2) is 28.4 Å². The van der Waals surface area contributed by atoms with Crippen LogP contribution >= 0.6 is 23.1 Å². The van der Waals surface area contributed by atoms with Crippen molar-refractivity contribution in [3.05, 3.63) is 36.3 Å². The number of rotatable bonds is 3. The second kappa shape index (κ2) is 5.82. The van der Waals surface area contributed by atoms with Gasteiger partial charge in [0.25, 0.3) is 15.5 Å². The third kappa shape index (κ3) is 2.67. The van der Waals surface area contributed by atoms with E-state index in [4.69, 9.17) is 10.7 Å². The van der Waals surface area contributed by atoms with Crippen LogP contribution in [0.4, 0.5) is 8.78 Å². The number of nitrogens with one attached hydrogen (secondary N) is 1. The average Bonchev–Trinajstić information content (AvgIpc) is 3.05. The number of H-pyrrole nitrogens is 1. The highest BCUT2D eigenvalue weighted by Crippen LogP contribution is 2.34. The van der Waals surface area contributed by atoms with E-state index in [1.807, 2.05) is 0 Å². The maximum Gasteiger partial charge on any atom is 0.266 e. The van der Waals surface area contributed by atoms with E-state index in [9.17, 15) is 17.2 Å². The van der Waals surface area contributed by atoms with Crippen LogP contribution in [0, 0.1) is 0 Å². The third-order valence-electron chi connectivity index (χ3n) is 2.94. The Balaban J connectivity index is 0.00000176. The Labute approximate surface area is 133 Å². The van der Waals surface area contributed by atoms with Crippen LogP contribution in [0.2, 0.25) is 0 Å². The zero-order valence-corrected chi connectivity index (χ0v) is 13.0. The largest absolute Gasteiger partial charge is 0.358 e. The molecule has 2 aromatic heterocycles. The zero-order valence-electron chi connectivity index (χ0n) is 10.6. The average molecular weight is 369 g/mol. The van der Waals surface area contributed by atoms with Crippen molar-refractivity contribution in [2.45, 2.75) is 11.3 Å². The van der Waals surface area contributed by atoms with Gasteiger partial charge in [-0.1, -0.05) is 12.1 Å². The zero-order chi connectivity index (χ0) is 15.2. The molecule has 1 aromatic carbocycles. The van der Waals surface area contributed by atoms with Gasteiger partial charge in [0, 0.05) is 27.8 Å². The van der Waals surface area contributed by atoms with Crippen molar-refractivity contribution in [3.63, 3.8) is 0 Å². The van der Waals surface area contributed by atoms with Gasteiger partial charge in [-0.2, -0.15) is 10.2 Å². The standard InChI is InChI=1S/C11H7ClF2N4O2S.ClH/c12-21(19,20)8-5-15-9-6(8)1-2-7(11(13)14)10(9)18-16-3-4-17-18;/h1-5,11,15H;1H. The molecule has 3 rings (SSSR count). The second-order valence-electron chi connectivity index (χ2n) is 4.14. The van der Waals surface area contributed by atoms with Gasteiger partial charge in [0.2, 0.25) is 0 Å². The minimum absolute atomic E-state index is 0. The number of aromatic nitrogens is 4. The fourth-order valence-corrected chi connectivity index (χ4v) is 3.11. The molecule has 0 unspecified atom stereocenters. The molecule has 118 valence electrons. The lowest BCUT2D eigenvalue weighted by molar-refractivity contribution is 0.151. The molecule has 6 nitrogen and oxygen atoms in total.